The lowest BCUT2D eigenvalue weighted by Crippen LogP contribution is -2.33. The minimum atomic E-state index is -0.918. The van der Waals surface area contributed by atoms with Crippen molar-refractivity contribution in [2.45, 2.75) is 19.8 Å². The van der Waals surface area contributed by atoms with E-state index in [1.54, 1.807) is 26.1 Å². The molecule has 1 unspecified atom stereocenters. The van der Waals surface area contributed by atoms with Crippen LogP contribution in [0.4, 0.5) is 4.39 Å². The molecule has 5 heteroatoms. The number of carboxylic acids is 1. The number of carbonyl (C=O) groups excluding carboxylic acids is 1. The number of carboxylic acid groups (broad SMARTS) is 1. The minimum absolute atomic E-state index is 0.113. The summed E-state index contributed by atoms with van der Waals surface area (Å²) in [6.45, 7) is 1.75. The Balaban J connectivity index is 2.42. The van der Waals surface area contributed by atoms with E-state index in [-0.39, 0.29) is 24.7 Å². The first kappa shape index (κ1) is 15.1. The van der Waals surface area contributed by atoms with E-state index in [2.05, 4.69) is 0 Å². The molecular weight excluding hydrogens is 249 g/mol. The van der Waals surface area contributed by atoms with Gasteiger partial charge in [0.15, 0.2) is 0 Å². The summed E-state index contributed by atoms with van der Waals surface area (Å²) in [6, 6.07) is 6.00. The van der Waals surface area contributed by atoms with Gasteiger partial charge in [0.05, 0.1) is 5.92 Å². The summed E-state index contributed by atoms with van der Waals surface area (Å²) in [5.41, 5.74) is 0.884. The number of hydrogen-bond acceptors (Lipinski definition) is 2. The average Bonchev–Trinajstić information content (AvgIpc) is 2.37. The van der Waals surface area contributed by atoms with Crippen molar-refractivity contribution in [1.82, 2.24) is 4.90 Å². The van der Waals surface area contributed by atoms with Crippen LogP contribution in [0.5, 0.6) is 0 Å². The molecule has 0 spiro atoms. The fourth-order valence-corrected chi connectivity index (χ4v) is 1.68. The number of benzene rings is 1. The van der Waals surface area contributed by atoms with Gasteiger partial charge in [-0.3, -0.25) is 9.59 Å². The van der Waals surface area contributed by atoms with Crippen molar-refractivity contribution in [3.63, 3.8) is 0 Å². The molecule has 1 amide bonds. The molecule has 1 atom stereocenters. The third-order valence-electron chi connectivity index (χ3n) is 2.94. The second-order valence-electron chi connectivity index (χ2n) is 4.64. The Morgan fingerprint density at radius 1 is 1.32 bits per heavy atom. The Labute approximate surface area is 111 Å². The Morgan fingerprint density at radius 3 is 2.42 bits per heavy atom. The van der Waals surface area contributed by atoms with Gasteiger partial charge in [-0.2, -0.15) is 0 Å². The maximum absolute atomic E-state index is 12.7. The van der Waals surface area contributed by atoms with Crippen molar-refractivity contribution in [3.05, 3.63) is 35.6 Å². The second kappa shape index (κ2) is 6.87. The third-order valence-corrected chi connectivity index (χ3v) is 2.94. The quantitative estimate of drug-likeness (QED) is 0.857. The Kier molecular flexibility index (Phi) is 5.48. The highest BCUT2D eigenvalue weighted by molar-refractivity contribution is 5.77. The standard InChI is InChI=1S/C14H18FNO3/c1-10(14(18)19)9-16(2)13(17)8-5-11-3-6-12(15)7-4-11/h3-4,6-7,10H,5,8-9H2,1-2H3,(H,18,19). The first-order valence-corrected chi connectivity index (χ1v) is 6.11. The van der Waals surface area contributed by atoms with E-state index in [1.807, 2.05) is 0 Å². The first-order valence-electron chi connectivity index (χ1n) is 6.11. The Hall–Kier alpha value is -1.91. The van der Waals surface area contributed by atoms with Gasteiger partial charge in [-0.25, -0.2) is 4.39 Å². The van der Waals surface area contributed by atoms with Crippen LogP contribution < -0.4 is 0 Å². The fraction of sp³-hybridized carbons (Fsp3) is 0.429. The molecule has 1 rings (SSSR count). The topological polar surface area (TPSA) is 57.6 Å². The van der Waals surface area contributed by atoms with Gasteiger partial charge in [0.25, 0.3) is 0 Å². The van der Waals surface area contributed by atoms with E-state index in [9.17, 15) is 14.0 Å². The van der Waals surface area contributed by atoms with Crippen molar-refractivity contribution in [2.75, 3.05) is 13.6 Å². The lowest BCUT2D eigenvalue weighted by Gasteiger charge is -2.19. The van der Waals surface area contributed by atoms with Crippen molar-refractivity contribution in [3.8, 4) is 0 Å². The number of nitrogens with zero attached hydrogens (tertiary/aromatic N) is 1. The lowest BCUT2D eigenvalue weighted by molar-refractivity contribution is -0.142. The van der Waals surface area contributed by atoms with Crippen LogP contribution in [-0.4, -0.2) is 35.5 Å². The molecule has 1 aromatic rings. The maximum atomic E-state index is 12.7. The smallest absolute Gasteiger partial charge is 0.308 e. The molecule has 104 valence electrons. The van der Waals surface area contributed by atoms with Crippen LogP contribution in [0.3, 0.4) is 0 Å². The van der Waals surface area contributed by atoms with Crippen LogP contribution in [-0.2, 0) is 16.0 Å². The zero-order chi connectivity index (χ0) is 14.4. The van der Waals surface area contributed by atoms with Gasteiger partial charge in [-0.15, -0.1) is 0 Å². The van der Waals surface area contributed by atoms with Crippen LogP contribution in [0, 0.1) is 11.7 Å². The van der Waals surface area contributed by atoms with Crippen LogP contribution in [0.25, 0.3) is 0 Å². The van der Waals surface area contributed by atoms with Gasteiger partial charge >= 0.3 is 5.97 Å². The second-order valence-corrected chi connectivity index (χ2v) is 4.64. The van der Waals surface area contributed by atoms with Gasteiger partial charge in [0.2, 0.25) is 5.91 Å². The van der Waals surface area contributed by atoms with Crippen molar-refractivity contribution in [2.24, 2.45) is 5.92 Å². The van der Waals surface area contributed by atoms with E-state index < -0.39 is 11.9 Å². The van der Waals surface area contributed by atoms with Crippen LogP contribution in [0.15, 0.2) is 24.3 Å². The highest BCUT2D eigenvalue weighted by Crippen LogP contribution is 2.07. The fourth-order valence-electron chi connectivity index (χ4n) is 1.68. The van der Waals surface area contributed by atoms with Crippen LogP contribution in [0.1, 0.15) is 18.9 Å². The predicted octanol–water partition coefficient (Wildman–Crippen LogP) is 1.94. The number of rotatable bonds is 6. The summed E-state index contributed by atoms with van der Waals surface area (Å²) in [5.74, 6) is -1.92. The molecule has 0 bridgehead atoms. The average molecular weight is 267 g/mol. The largest absolute Gasteiger partial charge is 0.481 e. The molecule has 0 aliphatic rings. The zero-order valence-corrected chi connectivity index (χ0v) is 11.1. The number of aryl methyl sites for hydroxylation is 1. The molecule has 4 nitrogen and oxygen atoms in total. The summed E-state index contributed by atoms with van der Waals surface area (Å²) >= 11 is 0. The van der Waals surface area contributed by atoms with Gasteiger partial charge in [-0.05, 0) is 24.1 Å². The molecule has 0 heterocycles. The Morgan fingerprint density at radius 2 is 1.89 bits per heavy atom. The monoisotopic (exact) mass is 267 g/mol. The normalized spacial score (nSPS) is 11.9. The van der Waals surface area contributed by atoms with Crippen LogP contribution in [0.2, 0.25) is 0 Å². The van der Waals surface area contributed by atoms with Crippen molar-refractivity contribution < 1.29 is 19.1 Å². The zero-order valence-electron chi connectivity index (χ0n) is 11.1. The summed E-state index contributed by atoms with van der Waals surface area (Å²) in [6.07, 6.45) is 0.805. The summed E-state index contributed by atoms with van der Waals surface area (Å²) in [5, 5.41) is 8.77. The first-order chi connectivity index (χ1) is 8.90. The highest BCUT2D eigenvalue weighted by Gasteiger charge is 2.17. The van der Waals surface area contributed by atoms with Gasteiger partial charge in [-0.1, -0.05) is 19.1 Å². The number of amides is 1. The number of carbonyl (C=O) groups is 2. The highest BCUT2D eigenvalue weighted by atomic mass is 19.1. The molecule has 0 saturated heterocycles. The molecular formula is C14H18FNO3. The van der Waals surface area contributed by atoms with Gasteiger partial charge in [0.1, 0.15) is 5.82 Å². The maximum Gasteiger partial charge on any atom is 0.308 e. The van der Waals surface area contributed by atoms with E-state index >= 15 is 0 Å². The third kappa shape index (κ3) is 5.07. The molecule has 0 aliphatic carbocycles. The van der Waals surface area contributed by atoms with Crippen LogP contribution >= 0.6 is 0 Å². The van der Waals surface area contributed by atoms with Gasteiger partial charge < -0.3 is 10.0 Å². The van der Waals surface area contributed by atoms with Gasteiger partial charge in [0, 0.05) is 20.0 Å². The lowest BCUT2D eigenvalue weighted by atomic mass is 10.1. The number of aliphatic carboxylic acids is 1. The van der Waals surface area contributed by atoms with E-state index in [0.29, 0.717) is 6.42 Å². The predicted molar refractivity (Wildman–Crippen MR) is 69.2 cm³/mol. The van der Waals surface area contributed by atoms with E-state index in [4.69, 9.17) is 5.11 Å². The molecule has 0 fully saturated rings. The molecule has 0 saturated carbocycles. The summed E-state index contributed by atoms with van der Waals surface area (Å²) in [4.78, 5) is 23.9. The molecule has 0 aliphatic heterocycles. The summed E-state index contributed by atoms with van der Waals surface area (Å²) < 4.78 is 12.7. The minimum Gasteiger partial charge on any atom is -0.481 e. The molecule has 0 aromatic heterocycles. The van der Waals surface area contributed by atoms with Crippen molar-refractivity contribution >= 4 is 11.9 Å². The molecule has 1 aromatic carbocycles. The number of halogens is 1. The molecule has 0 radical (unpaired) electrons. The van der Waals surface area contributed by atoms with E-state index in [1.165, 1.54) is 17.0 Å². The molecule has 1 N–H and O–H groups in total. The SMILES string of the molecule is CC(CN(C)C(=O)CCc1ccc(F)cc1)C(=O)O. The van der Waals surface area contributed by atoms with Crippen molar-refractivity contribution in [1.29, 1.82) is 0 Å². The van der Waals surface area contributed by atoms with E-state index in [0.717, 1.165) is 5.56 Å². The Bertz CT molecular complexity index is 445. The number of hydrogen-bond donors (Lipinski definition) is 1. The molecule has 19 heavy (non-hydrogen) atoms. The summed E-state index contributed by atoms with van der Waals surface area (Å²) in [7, 11) is 1.59.